The number of nitrogens with zero attached hydrogens (tertiary/aromatic N) is 2. The number of aliphatic imine (C=N–C) groups is 1. The number of aromatic amines is 1. The summed E-state index contributed by atoms with van der Waals surface area (Å²) in [5.41, 5.74) is 25.1. The molecule has 1 aliphatic rings. The minimum absolute atomic E-state index is 0.0424. The monoisotopic (exact) mass is 831 g/mol. The van der Waals surface area contributed by atoms with Crippen LogP contribution in [0.25, 0.3) is 10.9 Å². The topological polar surface area (TPSA) is 306 Å². The van der Waals surface area contributed by atoms with Gasteiger partial charge in [0.1, 0.15) is 30.2 Å². The second kappa shape index (κ2) is 23.0. The maximum atomic E-state index is 14.4. The zero-order valence-electron chi connectivity index (χ0n) is 34.4. The minimum atomic E-state index is -1.21. The molecule has 0 spiro atoms. The zero-order valence-corrected chi connectivity index (χ0v) is 34.4. The molecule has 2 aromatic carbocycles. The fourth-order valence-electron chi connectivity index (χ4n) is 7.28. The largest absolute Gasteiger partial charge is 0.480 e. The Labute approximate surface area is 350 Å². The highest BCUT2D eigenvalue weighted by atomic mass is 16.4. The number of carboxylic acids is 1. The van der Waals surface area contributed by atoms with E-state index in [-0.39, 0.29) is 44.7 Å². The Balaban J connectivity index is 1.60. The molecule has 2 heterocycles. The molecule has 3 aromatic rings. The zero-order chi connectivity index (χ0) is 43.8. The molecule has 0 bridgehead atoms. The summed E-state index contributed by atoms with van der Waals surface area (Å²) in [6.07, 6.45) is 4.57. The van der Waals surface area contributed by atoms with Gasteiger partial charge in [-0.05, 0) is 74.6 Å². The van der Waals surface area contributed by atoms with Gasteiger partial charge in [0.25, 0.3) is 0 Å². The van der Waals surface area contributed by atoms with Crippen molar-refractivity contribution in [2.75, 3.05) is 19.6 Å². The van der Waals surface area contributed by atoms with Crippen LogP contribution in [0.1, 0.15) is 69.9 Å². The maximum Gasteiger partial charge on any atom is 0.326 e. The SMILES string of the molecule is CC(C)[C@H](NC(=O)[C@@H]1CCCN1C(=O)[C@H](CCCCN)NC(=O)[C@H](Cc1ccccc1)NC(=O)[C@@H](Cc1c[nH]c2ccccc12)NC(=O)[C@@H](N)CCCN=C(N)N)C(=O)O. The summed E-state index contributed by atoms with van der Waals surface area (Å²) >= 11 is 0. The van der Waals surface area contributed by atoms with E-state index in [0.29, 0.717) is 38.6 Å². The molecule has 18 nitrogen and oxygen atoms in total. The van der Waals surface area contributed by atoms with E-state index in [4.69, 9.17) is 22.9 Å². The first-order chi connectivity index (χ1) is 28.7. The summed E-state index contributed by atoms with van der Waals surface area (Å²) < 4.78 is 0. The highest BCUT2D eigenvalue weighted by Gasteiger charge is 2.40. The van der Waals surface area contributed by atoms with Crippen LogP contribution in [0.5, 0.6) is 0 Å². The summed E-state index contributed by atoms with van der Waals surface area (Å²) in [6, 6.07) is 10.0. The summed E-state index contributed by atoms with van der Waals surface area (Å²) in [4.78, 5) is 90.2. The maximum absolute atomic E-state index is 14.4. The summed E-state index contributed by atoms with van der Waals surface area (Å²) in [7, 11) is 0. The van der Waals surface area contributed by atoms with E-state index in [9.17, 15) is 33.9 Å². The van der Waals surface area contributed by atoms with Gasteiger partial charge in [-0.15, -0.1) is 0 Å². The Morgan fingerprint density at radius 3 is 2.15 bits per heavy atom. The molecule has 326 valence electrons. The van der Waals surface area contributed by atoms with Gasteiger partial charge in [0.2, 0.25) is 29.5 Å². The van der Waals surface area contributed by atoms with Crippen LogP contribution in [0.15, 0.2) is 65.8 Å². The summed E-state index contributed by atoms with van der Waals surface area (Å²) in [5.74, 6) is -4.64. The van der Waals surface area contributed by atoms with Crippen LogP contribution in [-0.2, 0) is 41.6 Å². The number of carboxylic acid groups (broad SMARTS) is 1. The van der Waals surface area contributed by atoms with Crippen molar-refractivity contribution in [3.05, 3.63) is 71.9 Å². The quantitative estimate of drug-likeness (QED) is 0.0348. The van der Waals surface area contributed by atoms with E-state index in [1.165, 1.54) is 4.90 Å². The second-order valence-electron chi connectivity index (χ2n) is 15.5. The number of benzene rings is 2. The number of para-hydroxylation sites is 1. The van der Waals surface area contributed by atoms with Crippen molar-refractivity contribution in [1.29, 1.82) is 0 Å². The first-order valence-corrected chi connectivity index (χ1v) is 20.5. The number of aliphatic carboxylic acids is 1. The van der Waals surface area contributed by atoms with Gasteiger partial charge >= 0.3 is 5.97 Å². The molecule has 1 saturated heterocycles. The number of amides is 5. The molecule has 6 atom stereocenters. The van der Waals surface area contributed by atoms with Crippen LogP contribution in [0, 0.1) is 5.92 Å². The van der Waals surface area contributed by atoms with Crippen LogP contribution in [0.2, 0.25) is 0 Å². The number of H-pyrrole nitrogens is 1. The molecule has 0 saturated carbocycles. The van der Waals surface area contributed by atoms with Crippen LogP contribution < -0.4 is 44.2 Å². The van der Waals surface area contributed by atoms with Crippen LogP contribution in [0.3, 0.4) is 0 Å². The number of carbonyl (C=O) groups excluding carboxylic acids is 5. The van der Waals surface area contributed by atoms with Crippen molar-refractivity contribution < 1.29 is 33.9 Å². The molecule has 0 aliphatic carbocycles. The number of nitrogens with one attached hydrogen (secondary N) is 5. The molecule has 14 N–H and O–H groups in total. The number of unbranched alkanes of at least 4 members (excludes halogenated alkanes) is 1. The van der Waals surface area contributed by atoms with Gasteiger partial charge in [-0.2, -0.15) is 0 Å². The number of rotatable bonds is 23. The molecule has 1 aliphatic heterocycles. The molecule has 0 unspecified atom stereocenters. The van der Waals surface area contributed by atoms with Gasteiger partial charge in [-0.25, -0.2) is 4.79 Å². The van der Waals surface area contributed by atoms with Crippen LogP contribution in [-0.4, -0.2) is 112 Å². The number of guanidine groups is 1. The smallest absolute Gasteiger partial charge is 0.326 e. The fourth-order valence-corrected chi connectivity index (χ4v) is 7.28. The van der Waals surface area contributed by atoms with Crippen molar-refractivity contribution in [2.45, 2.75) is 108 Å². The Bertz CT molecular complexity index is 1950. The molecule has 4 rings (SSSR count). The molecule has 5 amide bonds. The van der Waals surface area contributed by atoms with Gasteiger partial charge in [0.15, 0.2) is 5.96 Å². The molecule has 60 heavy (non-hydrogen) atoms. The average Bonchev–Trinajstić information content (AvgIpc) is 3.88. The van der Waals surface area contributed by atoms with Gasteiger partial charge in [-0.3, -0.25) is 29.0 Å². The van der Waals surface area contributed by atoms with Gasteiger partial charge in [0, 0.05) is 43.0 Å². The lowest BCUT2D eigenvalue weighted by Gasteiger charge is -2.31. The third kappa shape index (κ3) is 13.5. The van der Waals surface area contributed by atoms with E-state index in [1.54, 1.807) is 44.3 Å². The number of nitrogens with two attached hydrogens (primary N) is 4. The van der Waals surface area contributed by atoms with E-state index < -0.39 is 77.7 Å². The molecule has 1 fully saturated rings. The van der Waals surface area contributed by atoms with Crippen molar-refractivity contribution in [3.8, 4) is 0 Å². The average molecular weight is 832 g/mol. The summed E-state index contributed by atoms with van der Waals surface area (Å²) in [6.45, 7) is 4.21. The Kier molecular flexibility index (Phi) is 17.9. The first kappa shape index (κ1) is 46.7. The van der Waals surface area contributed by atoms with Gasteiger partial charge in [0.05, 0.1) is 6.04 Å². The van der Waals surface area contributed by atoms with E-state index in [2.05, 4.69) is 31.2 Å². The Morgan fingerprint density at radius 1 is 0.833 bits per heavy atom. The normalized spacial score (nSPS) is 16.3. The lowest BCUT2D eigenvalue weighted by Crippen LogP contribution is -2.60. The van der Waals surface area contributed by atoms with E-state index >= 15 is 0 Å². The third-order valence-corrected chi connectivity index (χ3v) is 10.6. The van der Waals surface area contributed by atoms with E-state index in [1.807, 2.05) is 30.3 Å². The fraction of sp³-hybridized carbons (Fsp3) is 0.500. The van der Waals surface area contributed by atoms with Crippen LogP contribution in [0.4, 0.5) is 0 Å². The predicted octanol–water partition coefficient (Wildman–Crippen LogP) is 0.134. The third-order valence-electron chi connectivity index (χ3n) is 10.6. The molecular formula is C42H61N11O7. The number of likely N-dealkylation sites (tertiary alicyclic amines) is 1. The van der Waals surface area contributed by atoms with Gasteiger partial charge in [-0.1, -0.05) is 62.4 Å². The molecular weight excluding hydrogens is 771 g/mol. The van der Waals surface area contributed by atoms with Crippen LogP contribution >= 0.6 is 0 Å². The number of fused-ring (bicyclic) bond motifs is 1. The van der Waals surface area contributed by atoms with E-state index in [0.717, 1.165) is 22.0 Å². The van der Waals surface area contributed by atoms with Crippen molar-refractivity contribution in [3.63, 3.8) is 0 Å². The first-order valence-electron chi connectivity index (χ1n) is 20.5. The van der Waals surface area contributed by atoms with Crippen molar-refractivity contribution >= 4 is 52.4 Å². The lowest BCUT2D eigenvalue weighted by molar-refractivity contribution is -0.146. The number of aromatic nitrogens is 1. The van der Waals surface area contributed by atoms with Gasteiger partial charge < -0.3 is 59.2 Å². The Morgan fingerprint density at radius 2 is 1.48 bits per heavy atom. The summed E-state index contributed by atoms with van der Waals surface area (Å²) in [5, 5.41) is 21.6. The number of carbonyl (C=O) groups is 6. The highest BCUT2D eigenvalue weighted by molar-refractivity contribution is 5.97. The lowest BCUT2D eigenvalue weighted by atomic mass is 10.0. The second-order valence-corrected chi connectivity index (χ2v) is 15.5. The predicted molar refractivity (Wildman–Crippen MR) is 228 cm³/mol. The molecule has 1 aromatic heterocycles. The number of hydrogen-bond acceptors (Lipinski definition) is 9. The number of hydrogen-bond donors (Lipinski definition) is 10. The Hall–Kier alpha value is -6.01. The minimum Gasteiger partial charge on any atom is -0.480 e. The standard InChI is InChI=1S/C42H61N11O7/c1-25(2)35(41(59)60)52-39(57)34-18-11-21-53(34)40(58)31(17-8-9-19-43)49-37(55)32(22-26-12-4-3-5-13-26)51-38(56)33(23-27-24-48-30-16-7-6-14-28(27)30)50-36(54)29(44)15-10-20-47-42(45)46/h3-7,12-14,16,24-25,29,31-35,48H,8-11,15,17-23,43-44H2,1-2H3,(H,49,55)(H,50,54)(H,51,56)(H,52,57)(H,59,60)(H4,45,46,47)/t29-,31-,32-,33+,34-,35-/m0/s1. The molecule has 18 heteroatoms. The molecule has 0 radical (unpaired) electrons. The highest BCUT2D eigenvalue weighted by Crippen LogP contribution is 2.22. The van der Waals surface area contributed by atoms with Crippen molar-refractivity contribution in [1.82, 2.24) is 31.2 Å². The van der Waals surface area contributed by atoms with Crippen molar-refractivity contribution in [2.24, 2.45) is 33.8 Å².